The van der Waals surface area contributed by atoms with E-state index in [0.29, 0.717) is 29.9 Å². The van der Waals surface area contributed by atoms with Crippen molar-refractivity contribution in [1.82, 2.24) is 4.98 Å². The van der Waals surface area contributed by atoms with E-state index in [-0.39, 0.29) is 5.56 Å². The van der Waals surface area contributed by atoms with Crippen molar-refractivity contribution in [2.45, 2.75) is 24.9 Å². The van der Waals surface area contributed by atoms with E-state index in [4.69, 9.17) is 9.47 Å². The number of aromatic nitrogens is 1. The molecule has 0 amide bonds. The van der Waals surface area contributed by atoms with Crippen molar-refractivity contribution in [3.8, 4) is 0 Å². The lowest BCUT2D eigenvalue weighted by Crippen LogP contribution is -2.30. The molecule has 100 valence electrons. The summed E-state index contributed by atoms with van der Waals surface area (Å²) in [4.78, 5) is 4.25. The molecule has 1 aromatic heterocycles. The molecule has 0 spiro atoms. The molecule has 1 fully saturated rings. The third kappa shape index (κ3) is 2.55. The van der Waals surface area contributed by atoms with Crippen LogP contribution in [0.3, 0.4) is 0 Å². The molecule has 18 heavy (non-hydrogen) atoms. The third-order valence-electron chi connectivity index (χ3n) is 3.14. The van der Waals surface area contributed by atoms with Crippen LogP contribution in [0, 0.1) is 0 Å². The standard InChI is InChI=1S/C12H14BrF2NO2/c1-11(14,15)8-5-9(16-10(13)6-8)12(17-2)3-4-18-7-12/h5-6H,3-4,7H2,1-2H3. The number of rotatable bonds is 3. The Bertz CT molecular complexity index is 442. The largest absolute Gasteiger partial charge is 0.378 e. The van der Waals surface area contributed by atoms with E-state index in [1.165, 1.54) is 12.1 Å². The maximum absolute atomic E-state index is 13.4. The monoisotopic (exact) mass is 321 g/mol. The molecule has 0 saturated carbocycles. The summed E-state index contributed by atoms with van der Waals surface area (Å²) in [6, 6.07) is 2.71. The van der Waals surface area contributed by atoms with Crippen molar-refractivity contribution in [2.75, 3.05) is 20.3 Å². The van der Waals surface area contributed by atoms with Gasteiger partial charge in [-0.15, -0.1) is 0 Å². The minimum atomic E-state index is -2.91. The van der Waals surface area contributed by atoms with Gasteiger partial charge in [-0.1, -0.05) is 0 Å². The van der Waals surface area contributed by atoms with Gasteiger partial charge in [0.25, 0.3) is 5.92 Å². The molecule has 1 aliphatic rings. The Kier molecular flexibility index (Phi) is 3.71. The summed E-state index contributed by atoms with van der Waals surface area (Å²) < 4.78 is 38.0. The molecule has 0 bridgehead atoms. The van der Waals surface area contributed by atoms with Gasteiger partial charge in [-0.05, 0) is 28.1 Å². The zero-order chi connectivity index (χ0) is 13.4. The van der Waals surface area contributed by atoms with Crippen LogP contribution >= 0.6 is 15.9 Å². The lowest BCUT2D eigenvalue weighted by Gasteiger charge is -2.26. The van der Waals surface area contributed by atoms with Gasteiger partial charge in [0.1, 0.15) is 10.2 Å². The SMILES string of the molecule is COC1(c2cc(C(C)(F)F)cc(Br)n2)CCOC1. The Morgan fingerprint density at radius 3 is 2.72 bits per heavy atom. The van der Waals surface area contributed by atoms with E-state index in [9.17, 15) is 8.78 Å². The number of ether oxygens (including phenoxy) is 2. The summed E-state index contributed by atoms with van der Waals surface area (Å²) >= 11 is 3.17. The van der Waals surface area contributed by atoms with Crippen LogP contribution in [0.25, 0.3) is 0 Å². The second-order valence-electron chi connectivity index (χ2n) is 4.45. The molecule has 1 atom stereocenters. The van der Waals surface area contributed by atoms with Crippen LogP contribution in [0.4, 0.5) is 8.78 Å². The highest BCUT2D eigenvalue weighted by molar-refractivity contribution is 9.10. The highest BCUT2D eigenvalue weighted by atomic mass is 79.9. The van der Waals surface area contributed by atoms with Crippen LogP contribution in [0.1, 0.15) is 24.6 Å². The van der Waals surface area contributed by atoms with E-state index >= 15 is 0 Å². The van der Waals surface area contributed by atoms with Crippen molar-refractivity contribution >= 4 is 15.9 Å². The molecule has 1 aromatic rings. The lowest BCUT2D eigenvalue weighted by atomic mass is 9.96. The Balaban J connectivity index is 2.48. The van der Waals surface area contributed by atoms with Crippen LogP contribution in [0.5, 0.6) is 0 Å². The maximum atomic E-state index is 13.4. The van der Waals surface area contributed by atoms with Gasteiger partial charge >= 0.3 is 0 Å². The van der Waals surface area contributed by atoms with Gasteiger partial charge in [0.15, 0.2) is 0 Å². The van der Waals surface area contributed by atoms with Crippen molar-refractivity contribution < 1.29 is 18.3 Å². The molecule has 2 heterocycles. The fourth-order valence-corrected chi connectivity index (χ4v) is 2.44. The van der Waals surface area contributed by atoms with Crippen LogP contribution in [0.15, 0.2) is 16.7 Å². The number of methoxy groups -OCH3 is 1. The zero-order valence-electron chi connectivity index (χ0n) is 10.2. The number of hydrogen-bond donors (Lipinski definition) is 0. The number of hydrogen-bond acceptors (Lipinski definition) is 3. The van der Waals surface area contributed by atoms with Gasteiger partial charge in [-0.3, -0.25) is 0 Å². The summed E-state index contributed by atoms with van der Waals surface area (Å²) in [5.41, 5.74) is -0.319. The smallest absolute Gasteiger partial charge is 0.270 e. The molecule has 1 saturated heterocycles. The fourth-order valence-electron chi connectivity index (χ4n) is 2.00. The quantitative estimate of drug-likeness (QED) is 0.801. The maximum Gasteiger partial charge on any atom is 0.270 e. The first kappa shape index (κ1) is 13.8. The van der Waals surface area contributed by atoms with Crippen molar-refractivity contribution in [3.05, 3.63) is 28.0 Å². The molecule has 0 radical (unpaired) electrons. The highest BCUT2D eigenvalue weighted by Crippen LogP contribution is 2.36. The van der Waals surface area contributed by atoms with Gasteiger partial charge in [0, 0.05) is 32.6 Å². The number of halogens is 3. The van der Waals surface area contributed by atoms with E-state index in [1.807, 2.05) is 0 Å². The molecular weight excluding hydrogens is 308 g/mol. The van der Waals surface area contributed by atoms with Gasteiger partial charge in [0.2, 0.25) is 0 Å². The summed E-state index contributed by atoms with van der Waals surface area (Å²) in [7, 11) is 1.54. The van der Waals surface area contributed by atoms with E-state index in [2.05, 4.69) is 20.9 Å². The van der Waals surface area contributed by atoms with Gasteiger partial charge in [-0.25, -0.2) is 13.8 Å². The second kappa shape index (κ2) is 4.83. The summed E-state index contributed by atoms with van der Waals surface area (Å²) in [6.07, 6.45) is 0.613. The van der Waals surface area contributed by atoms with Gasteiger partial charge in [0.05, 0.1) is 12.3 Å². The Hall–Kier alpha value is -0.590. The Morgan fingerprint density at radius 1 is 1.50 bits per heavy atom. The lowest BCUT2D eigenvalue weighted by molar-refractivity contribution is -0.0257. The van der Waals surface area contributed by atoms with Gasteiger partial charge < -0.3 is 9.47 Å². The van der Waals surface area contributed by atoms with E-state index < -0.39 is 11.5 Å². The minimum Gasteiger partial charge on any atom is -0.378 e. The zero-order valence-corrected chi connectivity index (χ0v) is 11.8. The molecule has 1 aliphatic heterocycles. The summed E-state index contributed by atoms with van der Waals surface area (Å²) in [5.74, 6) is -2.91. The number of nitrogens with zero attached hydrogens (tertiary/aromatic N) is 1. The van der Waals surface area contributed by atoms with Crippen LogP contribution in [-0.4, -0.2) is 25.3 Å². The topological polar surface area (TPSA) is 31.4 Å². The molecule has 0 N–H and O–H groups in total. The highest BCUT2D eigenvalue weighted by Gasteiger charge is 2.39. The van der Waals surface area contributed by atoms with Crippen molar-refractivity contribution in [1.29, 1.82) is 0 Å². The van der Waals surface area contributed by atoms with Crippen LogP contribution < -0.4 is 0 Å². The molecule has 2 rings (SSSR count). The summed E-state index contributed by atoms with van der Waals surface area (Å²) in [5, 5.41) is 0. The predicted octanol–water partition coefficient (Wildman–Crippen LogP) is 3.22. The molecule has 0 aromatic carbocycles. The predicted molar refractivity (Wildman–Crippen MR) is 65.6 cm³/mol. The second-order valence-corrected chi connectivity index (χ2v) is 5.27. The average molecular weight is 322 g/mol. The minimum absolute atomic E-state index is 0.0808. The molecule has 3 nitrogen and oxygen atoms in total. The normalized spacial score (nSPS) is 24.5. The fraction of sp³-hybridized carbons (Fsp3) is 0.583. The Labute approximate surface area is 113 Å². The van der Waals surface area contributed by atoms with E-state index in [0.717, 1.165) is 6.92 Å². The molecule has 1 unspecified atom stereocenters. The Morgan fingerprint density at radius 2 is 2.22 bits per heavy atom. The first-order chi connectivity index (χ1) is 8.37. The number of alkyl halides is 2. The van der Waals surface area contributed by atoms with Crippen molar-refractivity contribution in [2.24, 2.45) is 0 Å². The van der Waals surface area contributed by atoms with Crippen LogP contribution in [0.2, 0.25) is 0 Å². The molecular formula is C12H14BrF2NO2. The average Bonchev–Trinajstić information content (AvgIpc) is 2.76. The first-order valence-electron chi connectivity index (χ1n) is 5.57. The summed E-state index contributed by atoms with van der Waals surface area (Å²) in [6.45, 7) is 1.74. The van der Waals surface area contributed by atoms with Crippen LogP contribution in [-0.2, 0) is 21.0 Å². The number of pyridine rings is 1. The van der Waals surface area contributed by atoms with Gasteiger partial charge in [-0.2, -0.15) is 0 Å². The molecule has 6 heteroatoms. The van der Waals surface area contributed by atoms with Crippen molar-refractivity contribution in [3.63, 3.8) is 0 Å². The first-order valence-corrected chi connectivity index (χ1v) is 6.36. The molecule has 0 aliphatic carbocycles. The third-order valence-corrected chi connectivity index (χ3v) is 3.55. The van der Waals surface area contributed by atoms with E-state index in [1.54, 1.807) is 7.11 Å².